The Morgan fingerprint density at radius 3 is 2.50 bits per heavy atom. The van der Waals surface area contributed by atoms with Crippen LogP contribution in [0.2, 0.25) is 0 Å². The van der Waals surface area contributed by atoms with Gasteiger partial charge in [0.1, 0.15) is 5.69 Å². The fraction of sp³-hybridized carbons (Fsp3) is 0.333. The highest BCUT2D eigenvalue weighted by Gasteiger charge is 2.12. The van der Waals surface area contributed by atoms with Crippen LogP contribution in [-0.2, 0) is 16.6 Å². The molecule has 1 aromatic rings. The number of esters is 1. The van der Waals surface area contributed by atoms with Gasteiger partial charge in [0.15, 0.2) is 0 Å². The number of carbonyl (C=O) groups is 2. The van der Waals surface area contributed by atoms with E-state index in [1.807, 2.05) is 20.2 Å². The molecule has 0 bridgehead atoms. The molecule has 0 aliphatic rings. The van der Waals surface area contributed by atoms with E-state index in [0.29, 0.717) is 17.0 Å². The van der Waals surface area contributed by atoms with Gasteiger partial charge < -0.3 is 14.6 Å². The maximum absolute atomic E-state index is 12.2. The molecule has 1 heterocycles. The Labute approximate surface area is 118 Å². The minimum absolute atomic E-state index is 0.220. The molecule has 20 heavy (non-hydrogen) atoms. The van der Waals surface area contributed by atoms with Crippen molar-refractivity contribution < 1.29 is 14.3 Å². The van der Waals surface area contributed by atoms with Crippen LogP contribution in [0, 0.1) is 6.92 Å². The van der Waals surface area contributed by atoms with Gasteiger partial charge in [0, 0.05) is 24.5 Å². The van der Waals surface area contributed by atoms with E-state index in [1.165, 1.54) is 7.11 Å². The smallest absolute Gasteiger partial charge is 0.333 e. The summed E-state index contributed by atoms with van der Waals surface area (Å²) in [5.74, 6) is -0.643. The van der Waals surface area contributed by atoms with Crippen LogP contribution in [0.15, 0.2) is 35.7 Å². The van der Waals surface area contributed by atoms with E-state index in [-0.39, 0.29) is 5.91 Å². The Hall–Kier alpha value is -2.30. The summed E-state index contributed by atoms with van der Waals surface area (Å²) in [6, 6.07) is 1.81. The molecule has 0 atom stereocenters. The van der Waals surface area contributed by atoms with E-state index in [1.54, 1.807) is 36.6 Å². The number of methoxy groups -OCH3 is 1. The van der Waals surface area contributed by atoms with Gasteiger partial charge in [0.2, 0.25) is 0 Å². The van der Waals surface area contributed by atoms with Crippen molar-refractivity contribution in [1.82, 2.24) is 9.88 Å². The fourth-order valence-electron chi connectivity index (χ4n) is 1.80. The van der Waals surface area contributed by atoms with Gasteiger partial charge in [0.25, 0.3) is 5.91 Å². The molecule has 0 aliphatic heterocycles. The third kappa shape index (κ3) is 3.85. The normalized spacial score (nSPS) is 12.2. The molecule has 108 valence electrons. The van der Waals surface area contributed by atoms with Crippen LogP contribution in [0.4, 0.5) is 0 Å². The van der Waals surface area contributed by atoms with E-state index in [9.17, 15) is 9.59 Å². The van der Waals surface area contributed by atoms with Crippen LogP contribution in [-0.4, -0.2) is 23.6 Å². The quantitative estimate of drug-likeness (QED) is 0.520. The van der Waals surface area contributed by atoms with Crippen LogP contribution in [0.3, 0.4) is 0 Å². The largest absolute Gasteiger partial charge is 0.466 e. The van der Waals surface area contributed by atoms with Crippen LogP contribution in [0.25, 0.3) is 0 Å². The number of hydrogen-bond donors (Lipinski definition) is 1. The van der Waals surface area contributed by atoms with Crippen molar-refractivity contribution in [2.75, 3.05) is 7.11 Å². The lowest BCUT2D eigenvalue weighted by atomic mass is 10.2. The third-order valence-electron chi connectivity index (χ3n) is 2.82. The summed E-state index contributed by atoms with van der Waals surface area (Å²) in [5, 5.41) is 2.76. The number of aromatic nitrogens is 1. The van der Waals surface area contributed by atoms with Crippen molar-refractivity contribution in [2.45, 2.75) is 20.8 Å². The van der Waals surface area contributed by atoms with Crippen molar-refractivity contribution in [1.29, 1.82) is 0 Å². The molecule has 1 rings (SSSR count). The number of nitrogens with zero attached hydrogens (tertiary/aromatic N) is 1. The van der Waals surface area contributed by atoms with Gasteiger partial charge >= 0.3 is 5.97 Å². The summed E-state index contributed by atoms with van der Waals surface area (Å²) in [6.07, 6.45) is 5.18. The molecule has 1 N–H and O–H groups in total. The molecule has 1 amide bonds. The first-order valence-electron chi connectivity index (χ1n) is 6.26. The van der Waals surface area contributed by atoms with Gasteiger partial charge in [-0.2, -0.15) is 0 Å². The van der Waals surface area contributed by atoms with Crippen LogP contribution in [0.1, 0.15) is 29.9 Å². The molecule has 5 nitrogen and oxygen atoms in total. The molecule has 0 saturated carbocycles. The molecule has 0 aromatic carbocycles. The minimum Gasteiger partial charge on any atom is -0.466 e. The molecule has 0 fully saturated rings. The SMILES string of the molecule is C/C=C(\C=C(/C)C(=O)OC)NC(=O)c1cc(C)cn1C. The van der Waals surface area contributed by atoms with Crippen LogP contribution >= 0.6 is 0 Å². The first-order chi connectivity index (χ1) is 9.38. The molecule has 0 radical (unpaired) electrons. The highest BCUT2D eigenvalue weighted by molar-refractivity contribution is 5.95. The molecular formula is C15H20N2O3. The summed E-state index contributed by atoms with van der Waals surface area (Å²) in [6.45, 7) is 5.34. The number of allylic oxidation sites excluding steroid dienone is 2. The fourth-order valence-corrected chi connectivity index (χ4v) is 1.80. The second-order valence-corrected chi connectivity index (χ2v) is 4.53. The van der Waals surface area contributed by atoms with Crippen LogP contribution < -0.4 is 5.32 Å². The first-order valence-corrected chi connectivity index (χ1v) is 6.26. The maximum Gasteiger partial charge on any atom is 0.333 e. The van der Waals surface area contributed by atoms with Gasteiger partial charge in [-0.25, -0.2) is 4.79 Å². The summed E-state index contributed by atoms with van der Waals surface area (Å²) in [7, 11) is 3.13. The summed E-state index contributed by atoms with van der Waals surface area (Å²) >= 11 is 0. The highest BCUT2D eigenvalue weighted by atomic mass is 16.5. The number of amides is 1. The molecule has 0 aliphatic carbocycles. The Morgan fingerprint density at radius 2 is 2.05 bits per heavy atom. The van der Waals surface area contributed by atoms with Gasteiger partial charge in [-0.3, -0.25) is 4.79 Å². The number of nitrogens with one attached hydrogen (secondary N) is 1. The second-order valence-electron chi connectivity index (χ2n) is 4.53. The first kappa shape index (κ1) is 15.8. The highest BCUT2D eigenvalue weighted by Crippen LogP contribution is 2.08. The topological polar surface area (TPSA) is 60.3 Å². The van der Waals surface area contributed by atoms with E-state index >= 15 is 0 Å². The predicted molar refractivity (Wildman–Crippen MR) is 77.1 cm³/mol. The molecule has 5 heteroatoms. The van der Waals surface area contributed by atoms with Gasteiger partial charge in [-0.05, 0) is 38.5 Å². The summed E-state index contributed by atoms with van der Waals surface area (Å²) in [5.41, 5.74) is 2.55. The lowest BCUT2D eigenvalue weighted by Crippen LogP contribution is -2.24. The summed E-state index contributed by atoms with van der Waals surface area (Å²) in [4.78, 5) is 23.5. The molecule has 0 spiro atoms. The number of hydrogen-bond acceptors (Lipinski definition) is 3. The minimum atomic E-state index is -0.423. The van der Waals surface area contributed by atoms with E-state index in [0.717, 1.165) is 5.56 Å². The average molecular weight is 276 g/mol. The van der Waals surface area contributed by atoms with Gasteiger partial charge in [-0.1, -0.05) is 6.08 Å². The van der Waals surface area contributed by atoms with Crippen molar-refractivity contribution in [3.8, 4) is 0 Å². The Balaban J connectivity index is 2.88. The zero-order valence-corrected chi connectivity index (χ0v) is 12.5. The Kier molecular flexibility index (Phi) is 5.32. The zero-order chi connectivity index (χ0) is 15.3. The van der Waals surface area contributed by atoms with Gasteiger partial charge in [0.05, 0.1) is 7.11 Å². The Morgan fingerprint density at radius 1 is 1.40 bits per heavy atom. The van der Waals surface area contributed by atoms with E-state index < -0.39 is 5.97 Å². The Bertz CT molecular complexity index is 580. The predicted octanol–water partition coefficient (Wildman–Crippen LogP) is 2.09. The van der Waals surface area contributed by atoms with E-state index in [4.69, 9.17) is 0 Å². The van der Waals surface area contributed by atoms with Crippen LogP contribution in [0.5, 0.6) is 0 Å². The standard InChI is InChI=1S/C15H20N2O3/c1-6-12(8-11(3)15(19)20-5)16-14(18)13-7-10(2)9-17(13)4/h6-9H,1-5H3,(H,16,18)/b11-8+,12-6+. The van der Waals surface area contributed by atoms with Crippen molar-refractivity contribution in [2.24, 2.45) is 7.05 Å². The third-order valence-corrected chi connectivity index (χ3v) is 2.82. The molecule has 1 aromatic heterocycles. The molecular weight excluding hydrogens is 256 g/mol. The zero-order valence-electron chi connectivity index (χ0n) is 12.5. The monoisotopic (exact) mass is 276 g/mol. The van der Waals surface area contributed by atoms with Gasteiger partial charge in [-0.15, -0.1) is 0 Å². The lowest BCUT2D eigenvalue weighted by molar-refractivity contribution is -0.136. The van der Waals surface area contributed by atoms with E-state index in [2.05, 4.69) is 10.1 Å². The molecule has 0 saturated heterocycles. The van der Waals surface area contributed by atoms with Crippen molar-refractivity contribution in [3.63, 3.8) is 0 Å². The second kappa shape index (κ2) is 6.75. The number of carbonyl (C=O) groups excluding carboxylic acids is 2. The summed E-state index contributed by atoms with van der Waals surface area (Å²) < 4.78 is 6.38. The lowest BCUT2D eigenvalue weighted by Gasteiger charge is -2.07. The average Bonchev–Trinajstić information content (AvgIpc) is 2.75. The maximum atomic E-state index is 12.2. The van der Waals surface area contributed by atoms with Crippen molar-refractivity contribution >= 4 is 11.9 Å². The number of aryl methyl sites for hydroxylation is 2. The number of rotatable bonds is 4. The number of ether oxygens (including phenoxy) is 1. The molecule has 0 unspecified atom stereocenters. The van der Waals surface area contributed by atoms with Crippen molar-refractivity contribution in [3.05, 3.63) is 46.9 Å².